The molecule has 0 radical (unpaired) electrons. The summed E-state index contributed by atoms with van der Waals surface area (Å²) in [6.07, 6.45) is 0.162. The van der Waals surface area contributed by atoms with E-state index in [2.05, 4.69) is 16.0 Å². The minimum Gasteiger partial charge on any atom is -0.480 e. The molecular formula is C17H32N4O7. The molecule has 162 valence electrons. The lowest BCUT2D eigenvalue weighted by Crippen LogP contribution is -2.59. The first-order chi connectivity index (χ1) is 12.9. The van der Waals surface area contributed by atoms with Gasteiger partial charge in [0.05, 0.1) is 19.3 Å². The molecule has 11 nitrogen and oxygen atoms in total. The van der Waals surface area contributed by atoms with E-state index >= 15 is 0 Å². The summed E-state index contributed by atoms with van der Waals surface area (Å²) in [5.74, 6) is -3.93. The maximum Gasteiger partial charge on any atom is 0.326 e. The molecule has 0 aliphatic heterocycles. The van der Waals surface area contributed by atoms with E-state index in [0.717, 1.165) is 0 Å². The van der Waals surface area contributed by atoms with Gasteiger partial charge in [0.25, 0.3) is 0 Å². The van der Waals surface area contributed by atoms with Gasteiger partial charge in [0.2, 0.25) is 17.7 Å². The largest absolute Gasteiger partial charge is 0.480 e. The minimum atomic E-state index is -1.45. The molecule has 0 rings (SSSR count). The zero-order chi connectivity index (χ0) is 22.0. The van der Waals surface area contributed by atoms with Crippen molar-refractivity contribution in [2.45, 2.75) is 58.3 Å². The Morgan fingerprint density at radius 2 is 1.18 bits per heavy atom. The predicted octanol–water partition coefficient (Wildman–Crippen LogP) is -2.46. The molecule has 3 amide bonds. The molecule has 0 aromatic carbocycles. The Balaban J connectivity index is 5.00. The fraction of sp³-hybridized carbons (Fsp3) is 0.765. The van der Waals surface area contributed by atoms with Crippen molar-refractivity contribution in [1.82, 2.24) is 16.0 Å². The van der Waals surface area contributed by atoms with Gasteiger partial charge in [-0.05, 0) is 18.3 Å². The number of nitrogens with one attached hydrogen (secondary N) is 3. The third-order valence-corrected chi connectivity index (χ3v) is 3.97. The average molecular weight is 404 g/mol. The van der Waals surface area contributed by atoms with Gasteiger partial charge < -0.3 is 37.0 Å². The molecule has 4 unspecified atom stereocenters. The van der Waals surface area contributed by atoms with E-state index in [9.17, 15) is 34.5 Å². The number of rotatable bonds is 12. The summed E-state index contributed by atoms with van der Waals surface area (Å²) < 4.78 is 0. The molecule has 0 aromatic heterocycles. The van der Waals surface area contributed by atoms with Gasteiger partial charge in [0, 0.05) is 0 Å². The van der Waals surface area contributed by atoms with E-state index in [1.807, 2.05) is 0 Å². The highest BCUT2D eigenvalue weighted by molar-refractivity contribution is 5.94. The second kappa shape index (κ2) is 12.3. The number of hydrogen-bond donors (Lipinski definition) is 7. The summed E-state index contributed by atoms with van der Waals surface area (Å²) >= 11 is 0. The first-order valence-electron chi connectivity index (χ1n) is 9.05. The number of carbonyl (C=O) groups is 4. The number of amides is 3. The van der Waals surface area contributed by atoms with Crippen LogP contribution in [0.5, 0.6) is 0 Å². The lowest BCUT2D eigenvalue weighted by molar-refractivity contribution is -0.143. The van der Waals surface area contributed by atoms with Crippen molar-refractivity contribution >= 4 is 23.7 Å². The van der Waals surface area contributed by atoms with Crippen LogP contribution in [0.2, 0.25) is 0 Å². The van der Waals surface area contributed by atoms with Crippen molar-refractivity contribution in [2.75, 3.05) is 13.2 Å². The first kappa shape index (κ1) is 25.8. The Bertz CT molecular complexity index is 554. The van der Waals surface area contributed by atoms with Gasteiger partial charge in [-0.15, -0.1) is 0 Å². The van der Waals surface area contributed by atoms with E-state index in [1.54, 1.807) is 27.7 Å². The highest BCUT2D eigenvalue weighted by atomic mass is 16.4. The maximum absolute atomic E-state index is 12.2. The van der Waals surface area contributed by atoms with E-state index in [-0.39, 0.29) is 18.3 Å². The molecule has 28 heavy (non-hydrogen) atoms. The summed E-state index contributed by atoms with van der Waals surface area (Å²) in [5.41, 5.74) is 5.68. The first-order valence-corrected chi connectivity index (χ1v) is 9.05. The van der Waals surface area contributed by atoms with Crippen LogP contribution >= 0.6 is 0 Å². The molecule has 0 heterocycles. The van der Waals surface area contributed by atoms with Gasteiger partial charge in [0.1, 0.15) is 18.1 Å². The zero-order valence-electron chi connectivity index (χ0n) is 16.6. The van der Waals surface area contributed by atoms with Crippen LogP contribution in [0.3, 0.4) is 0 Å². The molecule has 0 bridgehead atoms. The average Bonchev–Trinajstić information content (AvgIpc) is 2.61. The molecule has 0 aliphatic carbocycles. The molecule has 11 heteroatoms. The standard InChI is InChI=1S/C17H32N4O7/c1-8(2)5-10(17(27)28)19-14(24)11(6-22)20-15(25)12(7-23)21-16(26)13(18)9(3)4/h8-13,22-23H,5-7,18H2,1-4H3,(H,19,24)(H,20,25)(H,21,26)(H,27,28). The Kier molecular flexibility index (Phi) is 11.3. The number of carboxylic acids is 1. The van der Waals surface area contributed by atoms with E-state index < -0.39 is 61.1 Å². The van der Waals surface area contributed by atoms with Crippen molar-refractivity contribution in [3.05, 3.63) is 0 Å². The summed E-state index contributed by atoms with van der Waals surface area (Å²) in [5, 5.41) is 34.6. The Hall–Kier alpha value is -2.24. The summed E-state index contributed by atoms with van der Waals surface area (Å²) in [7, 11) is 0. The van der Waals surface area contributed by atoms with Crippen LogP contribution in [0, 0.1) is 11.8 Å². The van der Waals surface area contributed by atoms with Gasteiger partial charge in [-0.2, -0.15) is 0 Å². The monoisotopic (exact) mass is 404 g/mol. The summed E-state index contributed by atoms with van der Waals surface area (Å²) in [6, 6.07) is -4.92. The Morgan fingerprint density at radius 3 is 1.50 bits per heavy atom. The quantitative estimate of drug-likeness (QED) is 0.186. The van der Waals surface area contributed by atoms with Crippen LogP contribution < -0.4 is 21.7 Å². The molecule has 0 aliphatic rings. The van der Waals surface area contributed by atoms with Gasteiger partial charge in [0.15, 0.2) is 0 Å². The zero-order valence-corrected chi connectivity index (χ0v) is 16.6. The number of carboxylic acid groups (broad SMARTS) is 1. The second-order valence-electron chi connectivity index (χ2n) is 7.29. The number of carbonyl (C=O) groups excluding carboxylic acids is 3. The van der Waals surface area contributed by atoms with Crippen molar-refractivity contribution in [3.63, 3.8) is 0 Å². The fourth-order valence-corrected chi connectivity index (χ4v) is 2.20. The number of aliphatic hydroxyl groups is 2. The number of aliphatic hydroxyl groups excluding tert-OH is 2. The molecule has 4 atom stereocenters. The molecule has 0 fully saturated rings. The van der Waals surface area contributed by atoms with Crippen LogP contribution in [-0.2, 0) is 19.2 Å². The minimum absolute atomic E-state index is 0.0114. The third kappa shape index (κ3) is 8.63. The smallest absolute Gasteiger partial charge is 0.326 e. The Labute approximate surface area is 164 Å². The molecule has 8 N–H and O–H groups in total. The van der Waals surface area contributed by atoms with Gasteiger partial charge in [-0.3, -0.25) is 14.4 Å². The molecule has 0 spiro atoms. The van der Waals surface area contributed by atoms with Crippen molar-refractivity contribution in [3.8, 4) is 0 Å². The maximum atomic E-state index is 12.2. The summed E-state index contributed by atoms with van der Waals surface area (Å²) in [4.78, 5) is 47.6. The SMILES string of the molecule is CC(C)CC(NC(=O)C(CO)NC(=O)C(CO)NC(=O)C(N)C(C)C)C(=O)O. The van der Waals surface area contributed by atoms with E-state index in [4.69, 9.17) is 5.73 Å². The second-order valence-corrected chi connectivity index (χ2v) is 7.29. The van der Waals surface area contributed by atoms with Crippen molar-refractivity contribution < 1.29 is 34.5 Å². The number of hydrogen-bond acceptors (Lipinski definition) is 7. The van der Waals surface area contributed by atoms with Crippen molar-refractivity contribution in [2.24, 2.45) is 17.6 Å². The Morgan fingerprint density at radius 1 is 0.786 bits per heavy atom. The highest BCUT2D eigenvalue weighted by Gasteiger charge is 2.30. The van der Waals surface area contributed by atoms with Gasteiger partial charge in [-0.25, -0.2) is 4.79 Å². The van der Waals surface area contributed by atoms with Crippen LogP contribution in [0.25, 0.3) is 0 Å². The number of nitrogens with two attached hydrogens (primary N) is 1. The predicted molar refractivity (Wildman–Crippen MR) is 99.9 cm³/mol. The van der Waals surface area contributed by atoms with Gasteiger partial charge in [-0.1, -0.05) is 27.7 Å². The van der Waals surface area contributed by atoms with E-state index in [0.29, 0.717) is 0 Å². The van der Waals surface area contributed by atoms with Crippen LogP contribution in [0.15, 0.2) is 0 Å². The van der Waals surface area contributed by atoms with Crippen LogP contribution in [-0.4, -0.2) is 76.4 Å². The number of aliphatic carboxylic acids is 1. The highest BCUT2D eigenvalue weighted by Crippen LogP contribution is 2.05. The third-order valence-electron chi connectivity index (χ3n) is 3.97. The molecular weight excluding hydrogens is 372 g/mol. The summed E-state index contributed by atoms with van der Waals surface area (Å²) in [6.45, 7) is 5.42. The van der Waals surface area contributed by atoms with Gasteiger partial charge >= 0.3 is 5.97 Å². The molecule has 0 saturated carbocycles. The topological polar surface area (TPSA) is 191 Å². The van der Waals surface area contributed by atoms with Crippen molar-refractivity contribution in [1.29, 1.82) is 0 Å². The molecule has 0 aromatic rings. The van der Waals surface area contributed by atoms with E-state index in [1.165, 1.54) is 0 Å². The normalized spacial score (nSPS) is 15.5. The van der Waals surface area contributed by atoms with Crippen LogP contribution in [0.1, 0.15) is 34.1 Å². The lowest BCUT2D eigenvalue weighted by atomic mass is 10.0. The lowest BCUT2D eigenvalue weighted by Gasteiger charge is -2.24. The molecule has 0 saturated heterocycles. The van der Waals surface area contributed by atoms with Crippen LogP contribution in [0.4, 0.5) is 0 Å². The fourth-order valence-electron chi connectivity index (χ4n) is 2.20.